The van der Waals surface area contributed by atoms with E-state index in [4.69, 9.17) is 27.1 Å². The van der Waals surface area contributed by atoms with Crippen molar-refractivity contribution in [1.82, 2.24) is 14.9 Å². The number of ether oxygens (including phenoxy) is 1. The van der Waals surface area contributed by atoms with Crippen molar-refractivity contribution in [2.75, 3.05) is 25.5 Å². The number of piperidine rings is 1. The van der Waals surface area contributed by atoms with Gasteiger partial charge in [-0.2, -0.15) is 0 Å². The fraction of sp³-hybridized carbons (Fsp3) is 0.321. The van der Waals surface area contributed by atoms with Gasteiger partial charge >= 0.3 is 0 Å². The Hall–Kier alpha value is -3.20. The first kappa shape index (κ1) is 25.4. The molecular formula is C28H30ClN5O2S. The van der Waals surface area contributed by atoms with Crippen molar-refractivity contribution >= 4 is 50.7 Å². The van der Waals surface area contributed by atoms with Crippen molar-refractivity contribution in [1.29, 1.82) is 0 Å². The normalized spacial score (nSPS) is 14.8. The number of fused-ring (bicyclic) bond motifs is 1. The van der Waals surface area contributed by atoms with Gasteiger partial charge in [0.15, 0.2) is 0 Å². The second-order valence-electron chi connectivity index (χ2n) is 9.68. The number of hydrogen-bond acceptors (Lipinski definition) is 7. The molecule has 0 saturated carbocycles. The third-order valence-corrected chi connectivity index (χ3v) is 8.06. The van der Waals surface area contributed by atoms with Gasteiger partial charge in [-0.15, -0.1) is 11.3 Å². The van der Waals surface area contributed by atoms with Crippen LogP contribution < -0.4 is 15.8 Å². The molecule has 0 atom stereocenters. The fourth-order valence-corrected chi connectivity index (χ4v) is 5.96. The molecule has 0 radical (unpaired) electrons. The molecule has 3 N–H and O–H groups in total. The largest absolute Gasteiger partial charge is 0.489 e. The predicted molar refractivity (Wildman–Crippen MR) is 151 cm³/mol. The lowest BCUT2D eigenvalue weighted by atomic mass is 9.89. The second-order valence-corrected chi connectivity index (χ2v) is 11.1. The summed E-state index contributed by atoms with van der Waals surface area (Å²) in [4.78, 5) is 24.4. The monoisotopic (exact) mass is 535 g/mol. The summed E-state index contributed by atoms with van der Waals surface area (Å²) in [5.41, 5.74) is 9.75. The Labute approximate surface area is 225 Å². The number of rotatable bonds is 7. The van der Waals surface area contributed by atoms with Crippen molar-refractivity contribution in [2.24, 2.45) is 5.73 Å². The predicted octanol–water partition coefficient (Wildman–Crippen LogP) is 6.45. The molecule has 1 saturated heterocycles. The fourth-order valence-electron chi connectivity index (χ4n) is 4.75. The van der Waals surface area contributed by atoms with Crippen LogP contribution in [-0.4, -0.2) is 47.0 Å². The van der Waals surface area contributed by atoms with E-state index in [0.717, 1.165) is 42.1 Å². The molecule has 4 aromatic rings. The van der Waals surface area contributed by atoms with Crippen LogP contribution >= 0.6 is 22.9 Å². The summed E-state index contributed by atoms with van der Waals surface area (Å²) in [7, 11) is 2.17. The zero-order chi connectivity index (χ0) is 26.1. The molecule has 5 rings (SSSR count). The molecule has 0 unspecified atom stereocenters. The third-order valence-electron chi connectivity index (χ3n) is 6.60. The van der Waals surface area contributed by atoms with Gasteiger partial charge in [0.25, 0.3) is 5.91 Å². The first-order valence-electron chi connectivity index (χ1n) is 12.4. The van der Waals surface area contributed by atoms with Gasteiger partial charge in [-0.25, -0.2) is 9.97 Å². The topological polar surface area (TPSA) is 93.4 Å². The van der Waals surface area contributed by atoms with Gasteiger partial charge in [0.2, 0.25) is 5.95 Å². The summed E-state index contributed by atoms with van der Waals surface area (Å²) in [5, 5.41) is 3.86. The van der Waals surface area contributed by atoms with Gasteiger partial charge in [-0.3, -0.25) is 4.79 Å². The molecule has 1 amide bonds. The van der Waals surface area contributed by atoms with Gasteiger partial charge in [-0.1, -0.05) is 35.9 Å². The number of amides is 1. The van der Waals surface area contributed by atoms with E-state index in [0.29, 0.717) is 38.4 Å². The molecule has 1 aliphatic rings. The minimum absolute atomic E-state index is 0.0125. The van der Waals surface area contributed by atoms with Crippen LogP contribution in [0.4, 0.5) is 11.6 Å². The number of nitrogens with one attached hydrogen (secondary N) is 1. The lowest BCUT2D eigenvalue weighted by molar-refractivity contribution is 0.100. The molecule has 37 heavy (non-hydrogen) atoms. The van der Waals surface area contributed by atoms with E-state index in [2.05, 4.69) is 34.4 Å². The van der Waals surface area contributed by atoms with Gasteiger partial charge in [0, 0.05) is 16.1 Å². The number of anilines is 2. The Balaban J connectivity index is 1.53. The Morgan fingerprint density at radius 1 is 1.22 bits per heavy atom. The van der Waals surface area contributed by atoms with E-state index < -0.39 is 5.91 Å². The molecular weight excluding hydrogens is 506 g/mol. The van der Waals surface area contributed by atoms with Gasteiger partial charge in [0.05, 0.1) is 28.2 Å². The van der Waals surface area contributed by atoms with Crippen LogP contribution in [0.15, 0.2) is 48.7 Å². The van der Waals surface area contributed by atoms with Crippen molar-refractivity contribution in [3.05, 3.63) is 64.1 Å². The summed E-state index contributed by atoms with van der Waals surface area (Å²) in [6.45, 7) is 6.23. The first-order chi connectivity index (χ1) is 17.8. The number of benzene rings is 2. The maximum absolute atomic E-state index is 12.3. The number of carbonyl (C=O) groups is 1. The number of carbonyl (C=O) groups excluding carboxylic acids is 1. The van der Waals surface area contributed by atoms with Gasteiger partial charge in [-0.05, 0) is 76.5 Å². The van der Waals surface area contributed by atoms with Crippen LogP contribution in [0.25, 0.3) is 21.3 Å². The third kappa shape index (κ3) is 5.42. The highest BCUT2D eigenvalue weighted by molar-refractivity contribution is 7.21. The Bertz CT molecular complexity index is 1450. The van der Waals surface area contributed by atoms with E-state index in [1.54, 1.807) is 12.3 Å². The van der Waals surface area contributed by atoms with E-state index in [9.17, 15) is 4.79 Å². The lowest BCUT2D eigenvalue weighted by Crippen LogP contribution is -2.29. The number of primary amides is 1. The summed E-state index contributed by atoms with van der Waals surface area (Å²) in [5.74, 6) is 1.16. The minimum atomic E-state index is -0.524. The quantitative estimate of drug-likeness (QED) is 0.282. The highest BCUT2D eigenvalue weighted by Crippen LogP contribution is 2.41. The molecule has 9 heteroatoms. The standard InChI is InChI=1S/C28H30ClN5O2S/c1-16(2)36-22-14-18(17-10-12-34(3)13-11-17)8-9-21(22)32-28-31-15-23-25(33-28)24(26(37-23)27(30)35)19-6-4-5-7-20(19)29/h4-9,14-17H,10-13H2,1-3H3,(H2,30,35)(H,31,32,33). The Morgan fingerprint density at radius 2 is 1.97 bits per heavy atom. The van der Waals surface area contributed by atoms with E-state index in [1.165, 1.54) is 16.9 Å². The molecule has 0 bridgehead atoms. The molecule has 1 fully saturated rings. The van der Waals surface area contributed by atoms with Crippen molar-refractivity contribution in [2.45, 2.75) is 38.7 Å². The number of aromatic nitrogens is 2. The van der Waals surface area contributed by atoms with Crippen LogP contribution in [-0.2, 0) is 0 Å². The van der Waals surface area contributed by atoms with E-state index >= 15 is 0 Å². The van der Waals surface area contributed by atoms with Crippen molar-refractivity contribution in [3.63, 3.8) is 0 Å². The summed E-state index contributed by atoms with van der Waals surface area (Å²) in [6, 6.07) is 13.7. The number of halogens is 1. The highest BCUT2D eigenvalue weighted by Gasteiger charge is 2.23. The zero-order valence-electron chi connectivity index (χ0n) is 21.1. The Kier molecular flexibility index (Phi) is 7.33. The number of nitrogens with two attached hydrogens (primary N) is 1. The molecule has 2 aromatic carbocycles. The summed E-state index contributed by atoms with van der Waals surface area (Å²) >= 11 is 7.76. The van der Waals surface area contributed by atoms with Crippen LogP contribution in [0, 0.1) is 0 Å². The number of likely N-dealkylation sites (tertiary alicyclic amines) is 1. The maximum Gasteiger partial charge on any atom is 0.259 e. The summed E-state index contributed by atoms with van der Waals surface area (Å²) < 4.78 is 6.95. The SMILES string of the molecule is CC(C)Oc1cc(C2CCN(C)CC2)ccc1Nc1ncc2sc(C(N)=O)c(-c3ccccc3Cl)c2n1. The van der Waals surface area contributed by atoms with Crippen LogP contribution in [0.5, 0.6) is 5.75 Å². The lowest BCUT2D eigenvalue weighted by Gasteiger charge is -2.29. The molecule has 2 aromatic heterocycles. The van der Waals surface area contributed by atoms with Crippen LogP contribution in [0.3, 0.4) is 0 Å². The maximum atomic E-state index is 12.3. The smallest absolute Gasteiger partial charge is 0.259 e. The Morgan fingerprint density at radius 3 is 2.68 bits per heavy atom. The number of hydrogen-bond donors (Lipinski definition) is 2. The van der Waals surface area contributed by atoms with E-state index in [1.807, 2.05) is 38.1 Å². The first-order valence-corrected chi connectivity index (χ1v) is 13.6. The molecule has 0 spiro atoms. The molecule has 3 heterocycles. The van der Waals surface area contributed by atoms with Crippen LogP contribution in [0.2, 0.25) is 5.02 Å². The van der Waals surface area contributed by atoms with Crippen molar-refractivity contribution < 1.29 is 9.53 Å². The van der Waals surface area contributed by atoms with Gasteiger partial charge < -0.3 is 20.7 Å². The second kappa shape index (κ2) is 10.7. The zero-order valence-corrected chi connectivity index (χ0v) is 22.7. The number of nitrogens with zero attached hydrogens (tertiary/aromatic N) is 3. The molecule has 7 nitrogen and oxygen atoms in total. The van der Waals surface area contributed by atoms with Gasteiger partial charge in [0.1, 0.15) is 10.6 Å². The highest BCUT2D eigenvalue weighted by atomic mass is 35.5. The average Bonchev–Trinajstić information content (AvgIpc) is 3.25. The van der Waals surface area contributed by atoms with Crippen molar-refractivity contribution in [3.8, 4) is 16.9 Å². The molecule has 1 aliphatic heterocycles. The molecule has 192 valence electrons. The minimum Gasteiger partial charge on any atom is -0.489 e. The average molecular weight is 536 g/mol. The van der Waals surface area contributed by atoms with E-state index in [-0.39, 0.29) is 6.10 Å². The number of thiophene rings is 1. The molecule has 0 aliphatic carbocycles. The van der Waals surface area contributed by atoms with Crippen LogP contribution in [0.1, 0.15) is 47.8 Å². The summed E-state index contributed by atoms with van der Waals surface area (Å²) in [6.07, 6.45) is 3.99.